The first-order chi connectivity index (χ1) is 11.4. The van der Waals surface area contributed by atoms with Gasteiger partial charge in [-0.15, -0.1) is 0 Å². The summed E-state index contributed by atoms with van der Waals surface area (Å²) in [4.78, 5) is 27.1. The summed E-state index contributed by atoms with van der Waals surface area (Å²) >= 11 is 6.90. The van der Waals surface area contributed by atoms with Gasteiger partial charge in [-0.25, -0.2) is 4.90 Å². The molecule has 0 saturated carbocycles. The highest BCUT2D eigenvalue weighted by atomic mass is 35.5. The number of hydrogen-bond donors (Lipinski definition) is 0. The molecule has 0 bridgehead atoms. The summed E-state index contributed by atoms with van der Waals surface area (Å²) in [7, 11) is 0. The number of benzene rings is 2. The van der Waals surface area contributed by atoms with Gasteiger partial charge in [-0.05, 0) is 73.0 Å². The molecule has 0 spiro atoms. The molecule has 1 fully saturated rings. The Morgan fingerprint density at radius 3 is 2.38 bits per heavy atom. The molecule has 3 rings (SSSR count). The Labute approximate surface area is 150 Å². The van der Waals surface area contributed by atoms with E-state index in [-0.39, 0.29) is 11.1 Å². The van der Waals surface area contributed by atoms with Crippen LogP contribution >= 0.6 is 23.4 Å². The maximum atomic E-state index is 12.9. The van der Waals surface area contributed by atoms with Gasteiger partial charge in [0.05, 0.1) is 10.6 Å². The normalized spacial score (nSPS) is 16.8. The molecule has 2 aromatic carbocycles. The lowest BCUT2D eigenvalue weighted by Gasteiger charge is -2.16. The largest absolute Gasteiger partial charge is 0.298 e. The Hall–Kier alpha value is -2.04. The van der Waals surface area contributed by atoms with Crippen molar-refractivity contribution in [3.8, 4) is 0 Å². The minimum absolute atomic E-state index is 0.267. The molecule has 0 N–H and O–H groups in total. The molecule has 24 heavy (non-hydrogen) atoms. The molecule has 3 nitrogen and oxygen atoms in total. The number of imide groups is 1. The molecule has 0 radical (unpaired) electrons. The lowest BCUT2D eigenvalue weighted by atomic mass is 10.1. The van der Waals surface area contributed by atoms with E-state index in [4.69, 9.17) is 11.6 Å². The molecule has 2 aromatic rings. The van der Waals surface area contributed by atoms with E-state index in [1.54, 1.807) is 12.1 Å². The van der Waals surface area contributed by atoms with Crippen molar-refractivity contribution in [3.05, 3.63) is 69.1 Å². The van der Waals surface area contributed by atoms with Gasteiger partial charge in [0.15, 0.2) is 0 Å². The number of nitrogens with zero attached hydrogens (tertiary/aromatic N) is 1. The third kappa shape index (κ3) is 2.99. The van der Waals surface area contributed by atoms with Crippen LogP contribution in [0.5, 0.6) is 0 Å². The molecular weight excluding hydrogens is 342 g/mol. The fourth-order valence-corrected chi connectivity index (χ4v) is 3.62. The minimum Gasteiger partial charge on any atom is -0.268 e. The number of halogens is 1. The van der Waals surface area contributed by atoms with E-state index in [2.05, 4.69) is 0 Å². The summed E-state index contributed by atoms with van der Waals surface area (Å²) in [6.07, 6.45) is 0. The second-order valence-corrected chi connectivity index (χ2v) is 7.16. The molecule has 2 amide bonds. The van der Waals surface area contributed by atoms with Gasteiger partial charge >= 0.3 is 0 Å². The van der Waals surface area contributed by atoms with E-state index in [1.807, 2.05) is 51.1 Å². The molecule has 0 unspecified atom stereocenters. The smallest absolute Gasteiger partial charge is 0.268 e. The predicted octanol–water partition coefficient (Wildman–Crippen LogP) is 5.59. The zero-order valence-corrected chi connectivity index (χ0v) is 15.2. The van der Waals surface area contributed by atoms with Gasteiger partial charge in [0.1, 0.15) is 0 Å². The van der Waals surface area contributed by atoms with E-state index in [0.717, 1.165) is 34.0 Å². The first-order valence-corrected chi connectivity index (χ1v) is 8.68. The Bertz CT molecular complexity index is 871. The monoisotopic (exact) mass is 357 g/mol. The summed E-state index contributed by atoms with van der Waals surface area (Å²) in [5, 5.41) is 0.368. The van der Waals surface area contributed by atoms with Crippen LogP contribution in [0.3, 0.4) is 0 Å². The molecule has 1 saturated heterocycles. The fourth-order valence-electron chi connectivity index (χ4n) is 2.60. The highest BCUT2D eigenvalue weighted by Crippen LogP contribution is 2.40. The van der Waals surface area contributed by atoms with E-state index < -0.39 is 0 Å². The third-order valence-electron chi connectivity index (χ3n) is 3.99. The molecular formula is C19H16ClNO2S. The summed E-state index contributed by atoms with van der Waals surface area (Å²) in [6, 6.07) is 13.0. The van der Waals surface area contributed by atoms with Crippen molar-refractivity contribution in [1.82, 2.24) is 0 Å². The van der Waals surface area contributed by atoms with Gasteiger partial charge in [-0.2, -0.15) is 0 Å². The molecule has 0 atom stereocenters. The van der Waals surface area contributed by atoms with E-state index in [0.29, 0.717) is 15.6 Å². The Kier molecular flexibility index (Phi) is 4.52. The summed E-state index contributed by atoms with van der Waals surface area (Å²) in [5.74, 6) is -0.272. The highest BCUT2D eigenvalue weighted by Gasteiger charge is 2.38. The van der Waals surface area contributed by atoms with Gasteiger partial charge in [0.2, 0.25) is 0 Å². The summed E-state index contributed by atoms with van der Waals surface area (Å²) < 4.78 is 0. The average molecular weight is 358 g/mol. The number of anilines is 1. The molecule has 0 aromatic heterocycles. The van der Waals surface area contributed by atoms with Gasteiger partial charge in [-0.3, -0.25) is 9.59 Å². The number of carbonyl (C=O) groups excluding carboxylic acids is 2. The summed E-state index contributed by atoms with van der Waals surface area (Å²) in [5.41, 5.74) is 4.21. The van der Waals surface area contributed by atoms with Crippen molar-refractivity contribution < 1.29 is 9.59 Å². The van der Waals surface area contributed by atoms with Crippen LogP contribution in [-0.4, -0.2) is 11.1 Å². The van der Waals surface area contributed by atoms with Crippen LogP contribution in [0.1, 0.15) is 23.6 Å². The molecule has 1 aliphatic heterocycles. The van der Waals surface area contributed by atoms with E-state index in [9.17, 15) is 9.59 Å². The standard InChI is InChI=1S/C19H16ClNO2S/c1-11-4-5-12(2)16(10-11)21-18(22)17(24-19(21)23)13(3)14-6-8-15(20)9-7-14/h4-10H,1-3H3/b17-13-. The van der Waals surface area contributed by atoms with Crippen LogP contribution in [-0.2, 0) is 4.79 Å². The highest BCUT2D eigenvalue weighted by molar-refractivity contribution is 8.19. The molecule has 5 heteroatoms. The summed E-state index contributed by atoms with van der Waals surface area (Å²) in [6.45, 7) is 5.69. The second kappa shape index (κ2) is 6.46. The van der Waals surface area contributed by atoms with Crippen LogP contribution in [0, 0.1) is 13.8 Å². The SMILES string of the molecule is C/C(=C1/SC(=O)N(c2cc(C)ccc2C)C1=O)c1ccc(Cl)cc1. The second-order valence-electron chi connectivity index (χ2n) is 5.76. The molecule has 0 aliphatic carbocycles. The van der Waals surface area contributed by atoms with Gasteiger partial charge < -0.3 is 0 Å². The Morgan fingerprint density at radius 2 is 1.71 bits per heavy atom. The topological polar surface area (TPSA) is 37.4 Å². The van der Waals surface area contributed by atoms with Crippen molar-refractivity contribution in [2.75, 3.05) is 4.90 Å². The van der Waals surface area contributed by atoms with Crippen molar-refractivity contribution in [2.24, 2.45) is 0 Å². The van der Waals surface area contributed by atoms with Crippen molar-refractivity contribution in [2.45, 2.75) is 20.8 Å². The van der Waals surface area contributed by atoms with Crippen molar-refractivity contribution in [3.63, 3.8) is 0 Å². The van der Waals surface area contributed by atoms with Crippen LogP contribution in [0.4, 0.5) is 10.5 Å². The van der Waals surface area contributed by atoms with Crippen molar-refractivity contribution >= 4 is 45.8 Å². The van der Waals surface area contributed by atoms with Crippen LogP contribution in [0.25, 0.3) is 5.57 Å². The first kappa shape index (κ1) is 16.8. The van der Waals surface area contributed by atoms with Crippen LogP contribution in [0.15, 0.2) is 47.4 Å². The zero-order chi connectivity index (χ0) is 17.4. The zero-order valence-electron chi connectivity index (χ0n) is 13.6. The average Bonchev–Trinajstić information content (AvgIpc) is 2.84. The van der Waals surface area contributed by atoms with Crippen molar-refractivity contribution in [1.29, 1.82) is 0 Å². The maximum Gasteiger partial charge on any atom is 0.298 e. The number of aryl methyl sites for hydroxylation is 2. The minimum atomic E-state index is -0.272. The van der Waals surface area contributed by atoms with Gasteiger partial charge in [0, 0.05) is 5.02 Å². The quantitative estimate of drug-likeness (QED) is 0.657. The fraction of sp³-hybridized carbons (Fsp3) is 0.158. The number of carbonyl (C=O) groups is 2. The van der Waals surface area contributed by atoms with Gasteiger partial charge in [0.25, 0.3) is 11.1 Å². The number of amides is 2. The van der Waals surface area contributed by atoms with E-state index in [1.165, 1.54) is 4.90 Å². The maximum absolute atomic E-state index is 12.9. The lowest BCUT2D eigenvalue weighted by molar-refractivity contribution is -0.113. The third-order valence-corrected chi connectivity index (χ3v) is 5.29. The number of hydrogen-bond acceptors (Lipinski definition) is 3. The molecule has 122 valence electrons. The number of thioether (sulfide) groups is 1. The number of rotatable bonds is 2. The molecule has 1 heterocycles. The van der Waals surface area contributed by atoms with E-state index >= 15 is 0 Å². The number of allylic oxidation sites excluding steroid dienone is 1. The lowest BCUT2D eigenvalue weighted by Crippen LogP contribution is -2.28. The Morgan fingerprint density at radius 1 is 1.04 bits per heavy atom. The first-order valence-electron chi connectivity index (χ1n) is 7.49. The predicted molar refractivity (Wildman–Crippen MR) is 100 cm³/mol. The van der Waals surface area contributed by atoms with Gasteiger partial charge in [-0.1, -0.05) is 35.9 Å². The Balaban J connectivity index is 2.04. The molecule has 1 aliphatic rings. The van der Waals surface area contributed by atoms with Crippen LogP contribution in [0.2, 0.25) is 5.02 Å². The van der Waals surface area contributed by atoms with Crippen LogP contribution < -0.4 is 4.90 Å².